The van der Waals surface area contributed by atoms with Crippen molar-refractivity contribution in [2.24, 2.45) is 0 Å². The maximum absolute atomic E-state index is 13.2. The first kappa shape index (κ1) is 21.5. The number of aliphatic hydroxyl groups is 3. The summed E-state index contributed by atoms with van der Waals surface area (Å²) in [7, 11) is 0. The van der Waals surface area contributed by atoms with Gasteiger partial charge in [0.15, 0.2) is 22.1 Å². The number of anilines is 1. The molecule has 2 fully saturated rings. The van der Waals surface area contributed by atoms with Gasteiger partial charge in [-0.15, -0.1) is 5.10 Å². The van der Waals surface area contributed by atoms with Gasteiger partial charge in [-0.25, -0.2) is 19.0 Å². The highest BCUT2D eigenvalue weighted by Gasteiger charge is 2.43. The van der Waals surface area contributed by atoms with Crippen LogP contribution < -0.4 is 5.32 Å². The van der Waals surface area contributed by atoms with Gasteiger partial charge in [-0.3, -0.25) is 0 Å². The van der Waals surface area contributed by atoms with Crippen LogP contribution in [0.5, 0.6) is 0 Å². The molecule has 170 valence electrons. The van der Waals surface area contributed by atoms with Crippen molar-refractivity contribution in [2.45, 2.75) is 67.7 Å². The third-order valence-electron chi connectivity index (χ3n) is 6.08. The Bertz CT molecular complexity index is 1110. The fraction of sp³-hybridized carbons (Fsp3) is 0.524. The fourth-order valence-corrected chi connectivity index (χ4v) is 4.92. The Labute approximate surface area is 188 Å². The average molecular weight is 461 g/mol. The molecule has 2 unspecified atom stereocenters. The maximum Gasteiger partial charge on any atom is 0.191 e. The van der Waals surface area contributed by atoms with Crippen molar-refractivity contribution < 1.29 is 19.7 Å². The van der Waals surface area contributed by atoms with E-state index in [1.54, 1.807) is 12.1 Å². The van der Waals surface area contributed by atoms with Gasteiger partial charge in [0.25, 0.3) is 0 Å². The van der Waals surface area contributed by atoms with Crippen LogP contribution in [-0.4, -0.2) is 70.4 Å². The second-order valence-electron chi connectivity index (χ2n) is 8.41. The minimum atomic E-state index is -1.24. The van der Waals surface area contributed by atoms with Gasteiger partial charge in [0.05, 0.1) is 12.1 Å². The first-order chi connectivity index (χ1) is 15.5. The fourth-order valence-electron chi connectivity index (χ4n) is 4.23. The summed E-state index contributed by atoms with van der Waals surface area (Å²) in [6.07, 6.45) is -1.44. The predicted molar refractivity (Wildman–Crippen MR) is 117 cm³/mol. The summed E-state index contributed by atoms with van der Waals surface area (Å²) in [5, 5.41) is 42.8. The number of hydrogen-bond acceptors (Lipinski definition) is 9. The quantitative estimate of drug-likeness (QED) is 0.308. The van der Waals surface area contributed by atoms with E-state index < -0.39 is 24.4 Å². The van der Waals surface area contributed by atoms with Crippen molar-refractivity contribution in [2.75, 3.05) is 11.1 Å². The van der Waals surface area contributed by atoms with Gasteiger partial charge in [0, 0.05) is 24.1 Å². The number of rotatable bonds is 7. The van der Waals surface area contributed by atoms with Gasteiger partial charge in [0.1, 0.15) is 18.0 Å². The Balaban J connectivity index is 1.45. The highest BCUT2D eigenvalue weighted by atomic mass is 32.2. The zero-order valence-electron chi connectivity index (χ0n) is 17.5. The number of aromatic nitrogens is 5. The van der Waals surface area contributed by atoms with E-state index >= 15 is 0 Å². The van der Waals surface area contributed by atoms with E-state index in [1.165, 1.54) is 28.6 Å². The molecule has 11 heteroatoms. The Morgan fingerprint density at radius 2 is 1.91 bits per heavy atom. The van der Waals surface area contributed by atoms with Crippen LogP contribution >= 0.6 is 11.8 Å². The second kappa shape index (κ2) is 8.54. The number of aliphatic hydroxyl groups excluding tert-OH is 3. The number of thioether (sulfide) groups is 1. The lowest BCUT2D eigenvalue weighted by atomic mass is 10.1. The number of hydrogen-bond donors (Lipinski definition) is 4. The molecule has 3 aromatic rings. The van der Waals surface area contributed by atoms with Gasteiger partial charge in [-0.1, -0.05) is 36.0 Å². The van der Waals surface area contributed by atoms with Crippen LogP contribution in [0.3, 0.4) is 0 Å². The summed E-state index contributed by atoms with van der Waals surface area (Å²) in [6.45, 7) is 2.08. The van der Waals surface area contributed by atoms with Crippen LogP contribution in [0.4, 0.5) is 10.2 Å². The summed E-state index contributed by atoms with van der Waals surface area (Å²) < 4.78 is 14.7. The van der Waals surface area contributed by atoms with Crippen molar-refractivity contribution in [1.82, 2.24) is 25.0 Å². The molecule has 5 rings (SSSR count). The van der Waals surface area contributed by atoms with Crippen molar-refractivity contribution in [1.29, 1.82) is 0 Å². The number of halogens is 1. The molecule has 2 heterocycles. The lowest BCUT2D eigenvalue weighted by Gasteiger charge is -2.16. The van der Waals surface area contributed by atoms with Gasteiger partial charge in [-0.05, 0) is 30.5 Å². The summed E-state index contributed by atoms with van der Waals surface area (Å²) in [6, 6.07) is 6.03. The highest BCUT2D eigenvalue weighted by molar-refractivity contribution is 7.99. The zero-order valence-corrected chi connectivity index (χ0v) is 18.3. The molecule has 0 saturated heterocycles. The van der Waals surface area contributed by atoms with E-state index in [0.29, 0.717) is 22.1 Å². The molecule has 0 bridgehead atoms. The minimum absolute atomic E-state index is 0.133. The van der Waals surface area contributed by atoms with Crippen molar-refractivity contribution in [3.05, 3.63) is 35.6 Å². The predicted octanol–water partition coefficient (Wildman–Crippen LogP) is 1.86. The van der Waals surface area contributed by atoms with E-state index in [9.17, 15) is 19.7 Å². The van der Waals surface area contributed by atoms with Crippen molar-refractivity contribution >= 4 is 28.7 Å². The van der Waals surface area contributed by atoms with Crippen LogP contribution in [-0.2, 0) is 0 Å². The standard InChI is InChI=1S/C21H25FN6O3S/c1-2-7-32-21-24-19(23-13-8-12(13)10-3-5-11(22)6-4-10)16-20(25-21)28(27-26-16)14-9-15(29)18(31)17(14)30/h3-6,12-15,17-18,29-31H,2,7-9H2,1H3,(H,23,24,25)/t12?,13?,14-,15+,17+,18-/m0/s1. The van der Waals surface area contributed by atoms with Gasteiger partial charge in [-0.2, -0.15) is 0 Å². The molecule has 4 N–H and O–H groups in total. The zero-order chi connectivity index (χ0) is 22.4. The summed E-state index contributed by atoms with van der Waals surface area (Å²) in [5.41, 5.74) is 1.99. The molecular weight excluding hydrogens is 435 g/mol. The number of benzene rings is 1. The van der Waals surface area contributed by atoms with Crippen LogP contribution in [0, 0.1) is 5.82 Å². The summed E-state index contributed by atoms with van der Waals surface area (Å²) in [5.74, 6) is 1.40. The van der Waals surface area contributed by atoms with Gasteiger partial charge >= 0.3 is 0 Å². The molecule has 0 radical (unpaired) electrons. The molecule has 32 heavy (non-hydrogen) atoms. The first-order valence-corrected chi connectivity index (χ1v) is 11.8. The van der Waals surface area contributed by atoms with Crippen LogP contribution in [0.25, 0.3) is 11.2 Å². The first-order valence-electron chi connectivity index (χ1n) is 10.8. The molecule has 2 aromatic heterocycles. The maximum atomic E-state index is 13.2. The van der Waals surface area contributed by atoms with E-state index in [0.717, 1.165) is 24.2 Å². The third-order valence-corrected chi connectivity index (χ3v) is 7.14. The smallest absolute Gasteiger partial charge is 0.191 e. The molecular formula is C21H25FN6O3S. The normalized spacial score (nSPS) is 29.5. The lowest BCUT2D eigenvalue weighted by Crippen LogP contribution is -2.31. The van der Waals surface area contributed by atoms with E-state index in [2.05, 4.69) is 32.5 Å². The largest absolute Gasteiger partial charge is 0.390 e. The Kier molecular flexibility index (Phi) is 5.74. The lowest BCUT2D eigenvalue weighted by molar-refractivity contribution is -0.0253. The van der Waals surface area contributed by atoms with Crippen LogP contribution in [0.15, 0.2) is 29.4 Å². The topological polar surface area (TPSA) is 129 Å². The van der Waals surface area contributed by atoms with E-state index in [4.69, 9.17) is 0 Å². The molecule has 2 saturated carbocycles. The van der Waals surface area contributed by atoms with E-state index in [-0.39, 0.29) is 24.2 Å². The molecule has 6 atom stereocenters. The van der Waals surface area contributed by atoms with Crippen molar-refractivity contribution in [3.8, 4) is 0 Å². The SMILES string of the molecule is CCCSc1nc(NC2CC2c2ccc(F)cc2)c2nnn([C@H]3C[C@@H](O)[C@H](O)[C@@H]3O)c2n1. The Morgan fingerprint density at radius 3 is 2.59 bits per heavy atom. The molecule has 0 spiro atoms. The molecule has 0 aliphatic heterocycles. The van der Waals surface area contributed by atoms with E-state index in [1.807, 2.05) is 0 Å². The van der Waals surface area contributed by atoms with Gasteiger partial charge < -0.3 is 20.6 Å². The van der Waals surface area contributed by atoms with Gasteiger partial charge in [0.2, 0.25) is 0 Å². The Hall–Kier alpha value is -2.34. The molecule has 2 aliphatic carbocycles. The molecule has 2 aliphatic rings. The average Bonchev–Trinajstić information content (AvgIpc) is 3.34. The Morgan fingerprint density at radius 1 is 1.12 bits per heavy atom. The molecule has 9 nitrogen and oxygen atoms in total. The van der Waals surface area contributed by atoms with Crippen LogP contribution in [0.1, 0.15) is 43.7 Å². The second-order valence-corrected chi connectivity index (χ2v) is 9.47. The van der Waals surface area contributed by atoms with Crippen molar-refractivity contribution in [3.63, 3.8) is 0 Å². The highest BCUT2D eigenvalue weighted by Crippen LogP contribution is 2.43. The third kappa shape index (κ3) is 3.94. The molecule has 1 aromatic carbocycles. The summed E-state index contributed by atoms with van der Waals surface area (Å²) >= 11 is 1.52. The molecule has 0 amide bonds. The van der Waals surface area contributed by atoms with Crippen LogP contribution in [0.2, 0.25) is 0 Å². The minimum Gasteiger partial charge on any atom is -0.390 e. The monoisotopic (exact) mass is 460 g/mol. The number of nitrogens with zero attached hydrogens (tertiary/aromatic N) is 5. The number of nitrogens with one attached hydrogen (secondary N) is 1. The summed E-state index contributed by atoms with van der Waals surface area (Å²) in [4.78, 5) is 9.26. The number of fused-ring (bicyclic) bond motifs is 1.